The summed E-state index contributed by atoms with van der Waals surface area (Å²) >= 11 is 0. The van der Waals surface area contributed by atoms with E-state index < -0.39 is 29.1 Å². The number of anilines is 1. The predicted molar refractivity (Wildman–Crippen MR) is 86.0 cm³/mol. The van der Waals surface area contributed by atoms with Crippen molar-refractivity contribution in [2.45, 2.75) is 6.18 Å². The first-order valence-corrected chi connectivity index (χ1v) is 7.37. The molecule has 2 N–H and O–H groups in total. The number of nitrogens with two attached hydrogens (primary N) is 1. The highest BCUT2D eigenvalue weighted by Crippen LogP contribution is 2.31. The van der Waals surface area contributed by atoms with Crippen LogP contribution in [0.4, 0.5) is 27.8 Å². The van der Waals surface area contributed by atoms with Crippen molar-refractivity contribution in [1.29, 1.82) is 0 Å². The van der Waals surface area contributed by atoms with Crippen molar-refractivity contribution in [3.05, 3.63) is 59.0 Å². The van der Waals surface area contributed by atoms with E-state index in [4.69, 9.17) is 5.73 Å². The van der Waals surface area contributed by atoms with Crippen LogP contribution in [0, 0.1) is 23.5 Å². The second-order valence-electron chi connectivity index (χ2n) is 5.37. The number of halogens is 5. The molecule has 0 fully saturated rings. The summed E-state index contributed by atoms with van der Waals surface area (Å²) in [5.74, 6) is 2.80. The zero-order chi connectivity index (χ0) is 19.8. The minimum absolute atomic E-state index is 0.0213. The Morgan fingerprint density at radius 2 is 1.78 bits per heavy atom. The van der Waals surface area contributed by atoms with Gasteiger partial charge in [0.25, 0.3) is 0 Å². The zero-order valence-electron chi connectivity index (χ0n) is 13.6. The van der Waals surface area contributed by atoms with Gasteiger partial charge in [-0.1, -0.05) is 12.0 Å². The van der Waals surface area contributed by atoms with Crippen LogP contribution in [0.1, 0.15) is 17.0 Å². The topological polar surface area (TPSA) is 69.6 Å². The lowest BCUT2D eigenvalue weighted by Gasteiger charge is -2.03. The van der Waals surface area contributed by atoms with Gasteiger partial charge in [-0.25, -0.2) is 18.7 Å². The Morgan fingerprint density at radius 3 is 2.37 bits per heavy atom. The maximum absolute atomic E-state index is 13.6. The van der Waals surface area contributed by atoms with Gasteiger partial charge in [0.2, 0.25) is 0 Å². The molecule has 5 nitrogen and oxygen atoms in total. The number of benzene rings is 1. The molecule has 0 saturated carbocycles. The van der Waals surface area contributed by atoms with Crippen LogP contribution in [0.2, 0.25) is 0 Å². The molecule has 3 rings (SSSR count). The molecule has 0 spiro atoms. The summed E-state index contributed by atoms with van der Waals surface area (Å²) in [4.78, 5) is 7.87. The minimum atomic E-state index is -4.62. The molecule has 0 aliphatic rings. The fourth-order valence-corrected chi connectivity index (χ4v) is 2.20. The Labute approximate surface area is 149 Å². The molecule has 138 valence electrons. The van der Waals surface area contributed by atoms with Crippen LogP contribution >= 0.6 is 0 Å². The standard InChI is InChI=1S/C17H10F5N5/c1-27-14(7-15(26-27)17(20,21)22)13-8-24-16(23)12(25-13)6-5-9-10(18)3-2-4-11(9)19/h2-4,7-8H,1H3,(H2,23,24). The van der Waals surface area contributed by atoms with Crippen molar-refractivity contribution < 1.29 is 22.0 Å². The normalized spacial score (nSPS) is 11.2. The van der Waals surface area contributed by atoms with Gasteiger partial charge in [-0.2, -0.15) is 18.3 Å². The quantitative estimate of drug-likeness (QED) is 0.521. The van der Waals surface area contributed by atoms with E-state index in [0.29, 0.717) is 0 Å². The number of alkyl halides is 3. The summed E-state index contributed by atoms with van der Waals surface area (Å²) in [6.45, 7) is 0. The van der Waals surface area contributed by atoms with Crippen molar-refractivity contribution in [2.24, 2.45) is 7.05 Å². The Balaban J connectivity index is 2.05. The molecule has 0 aliphatic heterocycles. The highest BCUT2D eigenvalue weighted by molar-refractivity contribution is 5.59. The Hall–Kier alpha value is -3.48. The van der Waals surface area contributed by atoms with Gasteiger partial charge in [0, 0.05) is 7.05 Å². The van der Waals surface area contributed by atoms with Crippen LogP contribution in [0.5, 0.6) is 0 Å². The van der Waals surface area contributed by atoms with E-state index in [1.807, 2.05) is 0 Å². The summed E-state index contributed by atoms with van der Waals surface area (Å²) < 4.78 is 66.7. The molecule has 0 aliphatic carbocycles. The van der Waals surface area contributed by atoms with Gasteiger partial charge in [0.1, 0.15) is 17.3 Å². The third kappa shape index (κ3) is 3.72. The lowest BCUT2D eigenvalue weighted by Crippen LogP contribution is -2.06. The Morgan fingerprint density at radius 1 is 1.11 bits per heavy atom. The monoisotopic (exact) mass is 379 g/mol. The van der Waals surface area contributed by atoms with Crippen molar-refractivity contribution >= 4 is 5.82 Å². The van der Waals surface area contributed by atoms with Gasteiger partial charge >= 0.3 is 6.18 Å². The number of aryl methyl sites for hydroxylation is 1. The molecule has 3 aromatic rings. The van der Waals surface area contributed by atoms with Gasteiger partial charge in [-0.15, -0.1) is 0 Å². The van der Waals surface area contributed by atoms with Crippen LogP contribution in [0.25, 0.3) is 11.4 Å². The molecule has 0 atom stereocenters. The number of hydrogen-bond acceptors (Lipinski definition) is 4. The molecule has 1 aromatic carbocycles. The summed E-state index contributed by atoms with van der Waals surface area (Å²) in [6.07, 6.45) is -3.47. The van der Waals surface area contributed by atoms with Crippen LogP contribution in [-0.4, -0.2) is 19.7 Å². The van der Waals surface area contributed by atoms with E-state index in [1.165, 1.54) is 13.1 Å². The van der Waals surface area contributed by atoms with Gasteiger partial charge in [0.05, 0.1) is 17.5 Å². The Kier molecular flexibility index (Phi) is 4.53. The molecule has 10 heteroatoms. The van der Waals surface area contributed by atoms with E-state index >= 15 is 0 Å². The van der Waals surface area contributed by atoms with E-state index in [2.05, 4.69) is 26.9 Å². The summed E-state index contributed by atoms with van der Waals surface area (Å²) in [5, 5.41) is 3.38. The molecule has 0 saturated heterocycles. The molecule has 0 unspecified atom stereocenters. The van der Waals surface area contributed by atoms with Gasteiger partial charge in [0.15, 0.2) is 17.2 Å². The lowest BCUT2D eigenvalue weighted by molar-refractivity contribution is -0.141. The van der Waals surface area contributed by atoms with Crippen LogP contribution in [-0.2, 0) is 13.2 Å². The predicted octanol–water partition coefficient (Wildman–Crippen LogP) is 3.16. The molecular formula is C17H10F5N5. The fraction of sp³-hybridized carbons (Fsp3) is 0.118. The third-order valence-corrected chi connectivity index (χ3v) is 3.50. The van der Waals surface area contributed by atoms with Crippen LogP contribution < -0.4 is 5.73 Å². The average molecular weight is 379 g/mol. The van der Waals surface area contributed by atoms with E-state index in [0.717, 1.165) is 29.1 Å². The fourth-order valence-electron chi connectivity index (χ4n) is 2.20. The van der Waals surface area contributed by atoms with Crippen molar-refractivity contribution in [1.82, 2.24) is 19.7 Å². The van der Waals surface area contributed by atoms with E-state index in [-0.39, 0.29) is 22.9 Å². The van der Waals surface area contributed by atoms with Gasteiger partial charge in [-0.3, -0.25) is 4.68 Å². The maximum atomic E-state index is 13.6. The van der Waals surface area contributed by atoms with E-state index in [1.54, 1.807) is 0 Å². The highest BCUT2D eigenvalue weighted by Gasteiger charge is 2.34. The largest absolute Gasteiger partial charge is 0.435 e. The SMILES string of the molecule is Cn1nc(C(F)(F)F)cc1-c1cnc(N)c(C#Cc2c(F)cccc2F)n1. The van der Waals surface area contributed by atoms with Crippen LogP contribution in [0.15, 0.2) is 30.5 Å². The Bertz CT molecular complexity index is 1060. The zero-order valence-corrected chi connectivity index (χ0v) is 13.6. The summed E-state index contributed by atoms with van der Waals surface area (Å²) in [7, 11) is 1.31. The van der Waals surface area contributed by atoms with E-state index in [9.17, 15) is 22.0 Å². The van der Waals surface area contributed by atoms with Gasteiger partial charge in [-0.05, 0) is 24.1 Å². The first-order chi connectivity index (χ1) is 12.7. The van der Waals surface area contributed by atoms with Gasteiger partial charge < -0.3 is 5.73 Å². The second kappa shape index (κ2) is 6.68. The molecule has 2 heterocycles. The molecule has 27 heavy (non-hydrogen) atoms. The average Bonchev–Trinajstić information content (AvgIpc) is 2.98. The molecule has 0 amide bonds. The first kappa shape index (κ1) is 18.3. The summed E-state index contributed by atoms with van der Waals surface area (Å²) in [5.41, 5.74) is 3.98. The molecule has 0 bridgehead atoms. The summed E-state index contributed by atoms with van der Waals surface area (Å²) in [6, 6.07) is 4.05. The van der Waals surface area contributed by atoms with Crippen LogP contribution in [0.3, 0.4) is 0 Å². The number of hydrogen-bond donors (Lipinski definition) is 1. The van der Waals surface area contributed by atoms with Crippen molar-refractivity contribution in [3.8, 4) is 23.2 Å². The lowest BCUT2D eigenvalue weighted by atomic mass is 10.2. The number of nitrogens with zero attached hydrogens (tertiary/aromatic N) is 4. The van der Waals surface area contributed by atoms with Crippen molar-refractivity contribution in [2.75, 3.05) is 5.73 Å². The smallest absolute Gasteiger partial charge is 0.381 e. The third-order valence-electron chi connectivity index (χ3n) is 3.50. The first-order valence-electron chi connectivity index (χ1n) is 7.37. The second-order valence-corrected chi connectivity index (χ2v) is 5.37. The molecule has 2 aromatic heterocycles. The number of nitrogen functional groups attached to an aromatic ring is 1. The highest BCUT2D eigenvalue weighted by atomic mass is 19.4. The number of aromatic nitrogens is 4. The van der Waals surface area contributed by atoms with Crippen molar-refractivity contribution in [3.63, 3.8) is 0 Å². The molecular weight excluding hydrogens is 369 g/mol. The maximum Gasteiger partial charge on any atom is 0.435 e. The molecule has 0 radical (unpaired) electrons. The minimum Gasteiger partial charge on any atom is -0.381 e. The number of rotatable bonds is 1.